The van der Waals surface area contributed by atoms with E-state index in [1.807, 2.05) is 74.5 Å². The molecule has 0 amide bonds. The number of aromatic nitrogens is 1. The number of hydrogen-bond donors (Lipinski definition) is 1. The Labute approximate surface area is 229 Å². The summed E-state index contributed by atoms with van der Waals surface area (Å²) >= 11 is 0. The van der Waals surface area contributed by atoms with E-state index in [0.717, 1.165) is 34.4 Å². The van der Waals surface area contributed by atoms with E-state index in [-0.39, 0.29) is 22.6 Å². The van der Waals surface area contributed by atoms with Crippen LogP contribution in [-0.4, -0.2) is 37.3 Å². The molecule has 0 saturated heterocycles. The predicted molar refractivity (Wildman–Crippen MR) is 151 cm³/mol. The Balaban J connectivity index is 1.58. The van der Waals surface area contributed by atoms with Gasteiger partial charge in [-0.25, -0.2) is 12.4 Å². The third-order valence-corrected chi connectivity index (χ3v) is 10.7. The average Bonchev–Trinajstić information content (AvgIpc) is 3.47. The van der Waals surface area contributed by atoms with Gasteiger partial charge in [0.05, 0.1) is 29.0 Å². The number of hydrogen-bond acceptors (Lipinski definition) is 5. The number of fused-ring (bicyclic) bond motifs is 4. The van der Waals surface area contributed by atoms with Crippen LogP contribution in [0.15, 0.2) is 89.8 Å². The van der Waals surface area contributed by atoms with Crippen molar-refractivity contribution in [3.63, 3.8) is 0 Å². The molecule has 4 aromatic rings. The van der Waals surface area contributed by atoms with Gasteiger partial charge in [0.1, 0.15) is 11.9 Å². The molecule has 0 spiro atoms. The zero-order valence-corrected chi connectivity index (χ0v) is 23.4. The molecule has 39 heavy (non-hydrogen) atoms. The molecule has 1 fully saturated rings. The van der Waals surface area contributed by atoms with Gasteiger partial charge in [-0.15, -0.1) is 0 Å². The summed E-state index contributed by atoms with van der Waals surface area (Å²) in [6.07, 6.45) is -0.331. The van der Waals surface area contributed by atoms with E-state index in [1.165, 1.54) is 3.97 Å². The smallest absolute Gasteiger partial charge is 0.268 e. The molecule has 7 heteroatoms. The number of aryl methyl sites for hydroxylation is 1. The lowest BCUT2D eigenvalue weighted by Gasteiger charge is -2.43. The molecule has 2 aliphatic rings. The lowest BCUT2D eigenvalue weighted by Crippen LogP contribution is -2.45. The first-order valence-corrected chi connectivity index (χ1v) is 14.6. The van der Waals surface area contributed by atoms with Crippen LogP contribution in [0.4, 0.5) is 0 Å². The molecule has 1 saturated carbocycles. The van der Waals surface area contributed by atoms with Gasteiger partial charge in [0.25, 0.3) is 10.0 Å². The molecule has 5 atom stereocenters. The van der Waals surface area contributed by atoms with Crippen LogP contribution in [0.2, 0.25) is 0 Å². The predicted octanol–water partition coefficient (Wildman–Crippen LogP) is 6.05. The summed E-state index contributed by atoms with van der Waals surface area (Å²) < 4.78 is 41.5. The average molecular weight is 544 g/mol. The molecule has 1 heterocycles. The highest BCUT2D eigenvalue weighted by Gasteiger charge is 2.61. The summed E-state index contributed by atoms with van der Waals surface area (Å²) in [6.45, 7) is 3.97. The van der Waals surface area contributed by atoms with Crippen molar-refractivity contribution in [3.8, 4) is 17.0 Å². The summed E-state index contributed by atoms with van der Waals surface area (Å²) in [5.41, 5.74) is 3.97. The Kier molecular flexibility index (Phi) is 6.21. The fourth-order valence-corrected chi connectivity index (χ4v) is 8.44. The van der Waals surface area contributed by atoms with E-state index < -0.39 is 21.7 Å². The van der Waals surface area contributed by atoms with Gasteiger partial charge in [-0.05, 0) is 73.2 Å². The number of methoxy groups -OCH3 is 2. The summed E-state index contributed by atoms with van der Waals surface area (Å²) in [5.74, 6) is 0.291. The maximum Gasteiger partial charge on any atom is 0.268 e. The van der Waals surface area contributed by atoms with E-state index >= 15 is 0 Å². The molecule has 1 aromatic heterocycles. The Hall–Kier alpha value is -3.39. The summed E-state index contributed by atoms with van der Waals surface area (Å²) in [6, 6.07) is 26.2. The van der Waals surface area contributed by atoms with Crippen molar-refractivity contribution in [1.82, 2.24) is 3.97 Å². The first-order valence-electron chi connectivity index (χ1n) is 13.2. The molecule has 0 unspecified atom stereocenters. The minimum absolute atomic E-state index is 0.0241. The first kappa shape index (κ1) is 25.9. The van der Waals surface area contributed by atoms with Crippen LogP contribution >= 0.6 is 0 Å². The SMILES string of the molecule is COc1ccc([C@H]2C[C@@H]3c4cc(-c5ccccc5)n(S(=O)(=O)c5ccc(C)cc5)c4[C@H](O)[C@@H]2[C@@]3(C)OC)cc1. The maximum absolute atomic E-state index is 14.3. The maximum atomic E-state index is 14.3. The first-order chi connectivity index (χ1) is 18.7. The third-order valence-electron chi connectivity index (χ3n) is 8.91. The van der Waals surface area contributed by atoms with Crippen molar-refractivity contribution < 1.29 is 23.0 Å². The molecular formula is C32H33NO5S. The van der Waals surface area contributed by atoms with E-state index in [0.29, 0.717) is 11.4 Å². The van der Waals surface area contributed by atoms with Crippen LogP contribution in [0, 0.1) is 12.8 Å². The van der Waals surface area contributed by atoms with E-state index in [2.05, 4.69) is 0 Å². The highest BCUT2D eigenvalue weighted by atomic mass is 32.2. The van der Waals surface area contributed by atoms with Gasteiger partial charge in [-0.3, -0.25) is 0 Å². The standard InChI is InChI=1S/C32H33NO5S/c1-20-10-16-24(17-11-20)39(35,36)33-28(22-8-6-5-7-9-22)19-26-27-18-25(21-12-14-23(37-3)15-13-21)29(31(34)30(26)33)32(27,2)38-4/h5-17,19,25,27,29,31,34H,18H2,1-4H3/t25-,27-,29-,31-,32+/m1/s1. The minimum atomic E-state index is -4.02. The monoisotopic (exact) mass is 543 g/mol. The molecule has 0 radical (unpaired) electrons. The van der Waals surface area contributed by atoms with Crippen LogP contribution in [0.1, 0.15) is 53.7 Å². The summed E-state index contributed by atoms with van der Waals surface area (Å²) in [4.78, 5) is 0.190. The zero-order valence-electron chi connectivity index (χ0n) is 22.5. The van der Waals surface area contributed by atoms with Crippen molar-refractivity contribution in [1.29, 1.82) is 0 Å². The van der Waals surface area contributed by atoms with Crippen molar-refractivity contribution in [2.45, 2.75) is 48.7 Å². The van der Waals surface area contributed by atoms with Gasteiger partial charge in [-0.1, -0.05) is 60.2 Å². The second kappa shape index (κ2) is 9.37. The Bertz CT molecular complexity index is 1610. The van der Waals surface area contributed by atoms with Crippen molar-refractivity contribution >= 4 is 10.0 Å². The topological polar surface area (TPSA) is 77.8 Å². The van der Waals surface area contributed by atoms with Gasteiger partial charge in [-0.2, -0.15) is 0 Å². The summed E-state index contributed by atoms with van der Waals surface area (Å²) in [5, 5.41) is 12.2. The molecule has 202 valence electrons. The quantitative estimate of drug-likeness (QED) is 0.320. The minimum Gasteiger partial charge on any atom is -0.497 e. The van der Waals surface area contributed by atoms with Crippen LogP contribution in [0.5, 0.6) is 5.75 Å². The Morgan fingerprint density at radius 1 is 0.949 bits per heavy atom. The lowest BCUT2D eigenvalue weighted by molar-refractivity contribution is -0.0934. The third kappa shape index (κ3) is 3.86. The number of nitrogens with zero attached hydrogens (tertiary/aromatic N) is 1. The lowest BCUT2D eigenvalue weighted by atomic mass is 9.71. The second-order valence-corrected chi connectivity index (χ2v) is 12.6. The molecule has 3 aromatic carbocycles. The van der Waals surface area contributed by atoms with Crippen LogP contribution in [0.25, 0.3) is 11.3 Å². The molecule has 6 nitrogen and oxygen atoms in total. The summed E-state index contributed by atoms with van der Waals surface area (Å²) in [7, 11) is -0.697. The number of aliphatic hydroxyl groups excluding tert-OH is 1. The fourth-order valence-electron chi connectivity index (χ4n) is 6.86. The molecule has 1 N–H and O–H groups in total. The van der Waals surface area contributed by atoms with Crippen molar-refractivity contribution in [2.24, 2.45) is 5.92 Å². The van der Waals surface area contributed by atoms with Gasteiger partial charge < -0.3 is 14.6 Å². The molecule has 6 rings (SSSR count). The molecule has 0 aliphatic heterocycles. The van der Waals surface area contributed by atoms with E-state index in [9.17, 15) is 13.5 Å². The van der Waals surface area contributed by atoms with Crippen LogP contribution < -0.4 is 4.74 Å². The highest BCUT2D eigenvalue weighted by Crippen LogP contribution is 2.64. The number of aliphatic hydroxyl groups is 1. The normalized spacial score (nSPS) is 25.9. The van der Waals surface area contributed by atoms with Crippen LogP contribution in [0.3, 0.4) is 0 Å². The van der Waals surface area contributed by atoms with Gasteiger partial charge in [0.2, 0.25) is 0 Å². The van der Waals surface area contributed by atoms with Gasteiger partial charge >= 0.3 is 0 Å². The van der Waals surface area contributed by atoms with Crippen LogP contribution in [-0.2, 0) is 14.8 Å². The Morgan fingerprint density at radius 2 is 1.62 bits per heavy atom. The molecule has 2 bridgehead atoms. The number of ether oxygens (including phenoxy) is 2. The van der Waals surface area contributed by atoms with Gasteiger partial charge in [0.15, 0.2) is 0 Å². The van der Waals surface area contributed by atoms with Crippen molar-refractivity contribution in [2.75, 3.05) is 14.2 Å². The van der Waals surface area contributed by atoms with E-state index in [1.54, 1.807) is 38.5 Å². The van der Waals surface area contributed by atoms with E-state index in [4.69, 9.17) is 9.47 Å². The van der Waals surface area contributed by atoms with Crippen molar-refractivity contribution in [3.05, 3.63) is 107 Å². The largest absolute Gasteiger partial charge is 0.497 e. The number of benzene rings is 3. The highest BCUT2D eigenvalue weighted by molar-refractivity contribution is 7.90. The fraction of sp³-hybridized carbons (Fsp3) is 0.312. The zero-order chi connectivity index (χ0) is 27.5. The molecular weight excluding hydrogens is 510 g/mol. The van der Waals surface area contributed by atoms with Gasteiger partial charge in [0, 0.05) is 18.9 Å². The second-order valence-electron chi connectivity index (χ2n) is 10.8. The Morgan fingerprint density at radius 3 is 2.23 bits per heavy atom. The molecule has 2 aliphatic carbocycles. The number of rotatable bonds is 6.